The summed E-state index contributed by atoms with van der Waals surface area (Å²) in [5, 5.41) is 0.560. The van der Waals surface area contributed by atoms with Crippen LogP contribution in [0.1, 0.15) is 46.5 Å². The maximum Gasteiger partial charge on any atom is 0.272 e. The van der Waals surface area contributed by atoms with Gasteiger partial charge in [0.25, 0.3) is 5.91 Å². The zero-order valence-electron chi connectivity index (χ0n) is 15.2. The van der Waals surface area contributed by atoms with Gasteiger partial charge in [-0.15, -0.1) is 0 Å². The SMILES string of the molecule is CO[C@@H]1[C@H]([S+](C)CC(=O)N2CCCC2)[C@H]2CC[C@]1(C)C2(C)C.[Br-]. The van der Waals surface area contributed by atoms with Crippen molar-refractivity contribution in [2.24, 2.45) is 16.7 Å². The summed E-state index contributed by atoms with van der Waals surface area (Å²) in [4.78, 5) is 14.6. The Bertz CT molecular complexity index is 452. The van der Waals surface area contributed by atoms with Gasteiger partial charge in [-0.2, -0.15) is 0 Å². The molecule has 1 aliphatic heterocycles. The van der Waals surface area contributed by atoms with Crippen LogP contribution in [0.15, 0.2) is 0 Å². The average molecular weight is 406 g/mol. The molecule has 0 radical (unpaired) electrons. The molecule has 2 bridgehead atoms. The number of likely N-dealkylation sites (tertiary alicyclic amines) is 1. The number of carbonyl (C=O) groups excluding carboxylic acids is 1. The first-order valence-electron chi connectivity index (χ1n) is 8.75. The quantitative estimate of drug-likeness (QED) is 0.601. The smallest absolute Gasteiger partial charge is 0.272 e. The first kappa shape index (κ1) is 19.6. The third kappa shape index (κ3) is 2.89. The zero-order valence-corrected chi connectivity index (χ0v) is 17.6. The standard InChI is InChI=1S/C18H32NO2S.BrH/c1-17(2)13-8-9-18(17,3)16(21-4)15(13)22(5)12-14(20)19-10-6-7-11-19;/h13,15-16H,6-12H2,1-5H3;1H/q+1;/p-1/t13-,15-,16-,18+,22?;/m1./s1. The molecule has 3 nitrogen and oxygen atoms in total. The van der Waals surface area contributed by atoms with E-state index in [9.17, 15) is 4.79 Å². The Morgan fingerprint density at radius 1 is 1.26 bits per heavy atom. The van der Waals surface area contributed by atoms with E-state index < -0.39 is 0 Å². The Morgan fingerprint density at radius 3 is 2.43 bits per heavy atom. The van der Waals surface area contributed by atoms with Crippen LogP contribution in [0.2, 0.25) is 0 Å². The highest BCUT2D eigenvalue weighted by molar-refractivity contribution is 7.97. The highest BCUT2D eigenvalue weighted by atomic mass is 79.9. The van der Waals surface area contributed by atoms with Gasteiger partial charge in [0.15, 0.2) is 5.75 Å². The molecule has 3 rings (SSSR count). The zero-order chi connectivity index (χ0) is 16.1. The molecule has 0 aromatic carbocycles. The van der Waals surface area contributed by atoms with E-state index in [1.165, 1.54) is 25.7 Å². The Balaban J connectivity index is 0.00000192. The second-order valence-electron chi connectivity index (χ2n) is 8.33. The van der Waals surface area contributed by atoms with Crippen molar-refractivity contribution in [3.05, 3.63) is 0 Å². The molecule has 0 aromatic rings. The number of ether oxygens (including phenoxy) is 1. The van der Waals surface area contributed by atoms with Crippen molar-refractivity contribution in [1.29, 1.82) is 0 Å². The van der Waals surface area contributed by atoms with Gasteiger partial charge in [-0.05, 0) is 42.0 Å². The summed E-state index contributed by atoms with van der Waals surface area (Å²) in [5.74, 6) is 1.82. The normalized spacial score (nSPS) is 39.3. The molecule has 2 aliphatic carbocycles. The average Bonchev–Trinajstić information content (AvgIpc) is 3.10. The molecule has 0 spiro atoms. The Labute approximate surface area is 155 Å². The molecule has 0 N–H and O–H groups in total. The van der Waals surface area contributed by atoms with E-state index in [-0.39, 0.29) is 33.3 Å². The fourth-order valence-corrected chi connectivity index (χ4v) is 8.09. The van der Waals surface area contributed by atoms with E-state index in [1.807, 2.05) is 7.11 Å². The van der Waals surface area contributed by atoms with E-state index in [0.717, 1.165) is 18.8 Å². The summed E-state index contributed by atoms with van der Waals surface area (Å²) in [5.41, 5.74) is 0.603. The van der Waals surface area contributed by atoms with Crippen LogP contribution in [0.25, 0.3) is 0 Å². The number of fused-ring (bicyclic) bond motifs is 2. The summed E-state index contributed by atoms with van der Waals surface area (Å²) in [6.07, 6.45) is 7.58. The van der Waals surface area contributed by atoms with E-state index in [2.05, 4.69) is 31.9 Å². The predicted molar refractivity (Wildman–Crippen MR) is 93.2 cm³/mol. The largest absolute Gasteiger partial charge is 1.00 e. The maximum absolute atomic E-state index is 12.5. The predicted octanol–water partition coefficient (Wildman–Crippen LogP) is -0.299. The lowest BCUT2D eigenvalue weighted by Crippen LogP contribution is -3.00. The number of hydrogen-bond donors (Lipinski definition) is 0. The molecule has 1 heterocycles. The lowest BCUT2D eigenvalue weighted by atomic mass is 9.70. The molecule has 1 amide bonds. The van der Waals surface area contributed by atoms with Gasteiger partial charge in [0.1, 0.15) is 11.4 Å². The number of rotatable bonds is 4. The van der Waals surface area contributed by atoms with E-state index in [1.54, 1.807) is 0 Å². The van der Waals surface area contributed by atoms with Crippen LogP contribution in [0.3, 0.4) is 0 Å². The van der Waals surface area contributed by atoms with E-state index in [4.69, 9.17) is 4.74 Å². The van der Waals surface area contributed by atoms with Gasteiger partial charge >= 0.3 is 0 Å². The van der Waals surface area contributed by atoms with Gasteiger partial charge in [0.05, 0.1) is 6.26 Å². The molecule has 0 aromatic heterocycles. The molecule has 134 valence electrons. The molecule has 23 heavy (non-hydrogen) atoms. The number of hydrogen-bond acceptors (Lipinski definition) is 2. The highest BCUT2D eigenvalue weighted by Crippen LogP contribution is 2.67. The lowest BCUT2D eigenvalue weighted by molar-refractivity contribution is -0.127. The van der Waals surface area contributed by atoms with Crippen molar-refractivity contribution >= 4 is 16.8 Å². The van der Waals surface area contributed by atoms with E-state index in [0.29, 0.717) is 28.6 Å². The second-order valence-corrected chi connectivity index (χ2v) is 10.5. The summed E-state index contributed by atoms with van der Waals surface area (Å²) < 4.78 is 6.01. The number of halogens is 1. The molecule has 3 aliphatic rings. The molecule has 1 unspecified atom stereocenters. The van der Waals surface area contributed by atoms with Crippen molar-refractivity contribution in [1.82, 2.24) is 4.90 Å². The number of amides is 1. The third-order valence-corrected chi connectivity index (χ3v) is 9.43. The van der Waals surface area contributed by atoms with Crippen molar-refractivity contribution in [3.8, 4) is 0 Å². The van der Waals surface area contributed by atoms with Crippen LogP contribution in [0.4, 0.5) is 0 Å². The van der Waals surface area contributed by atoms with Crippen molar-refractivity contribution in [2.45, 2.75) is 57.8 Å². The maximum atomic E-state index is 12.5. The first-order valence-corrected chi connectivity index (χ1v) is 10.6. The van der Waals surface area contributed by atoms with Crippen molar-refractivity contribution in [3.63, 3.8) is 0 Å². The fraction of sp³-hybridized carbons (Fsp3) is 0.944. The van der Waals surface area contributed by atoms with Gasteiger partial charge in [0, 0.05) is 31.5 Å². The van der Waals surface area contributed by atoms with Crippen LogP contribution < -0.4 is 17.0 Å². The van der Waals surface area contributed by atoms with Gasteiger partial charge in [-0.3, -0.25) is 4.79 Å². The number of methoxy groups -OCH3 is 1. The van der Waals surface area contributed by atoms with Gasteiger partial charge < -0.3 is 26.6 Å². The Hall–Kier alpha value is 0.260. The first-order chi connectivity index (χ1) is 10.3. The van der Waals surface area contributed by atoms with Gasteiger partial charge in [-0.25, -0.2) is 0 Å². The molecule has 2 saturated carbocycles. The highest BCUT2D eigenvalue weighted by Gasteiger charge is 2.70. The van der Waals surface area contributed by atoms with Crippen molar-refractivity contribution < 1.29 is 26.5 Å². The Kier molecular flexibility index (Phi) is 5.85. The van der Waals surface area contributed by atoms with Crippen LogP contribution in [0, 0.1) is 16.7 Å². The second kappa shape index (κ2) is 6.87. The number of carbonyl (C=O) groups is 1. The fourth-order valence-electron chi connectivity index (χ4n) is 5.45. The molecule has 5 atom stereocenters. The number of nitrogens with zero attached hydrogens (tertiary/aromatic N) is 1. The molecular weight excluding hydrogens is 374 g/mol. The summed E-state index contributed by atoms with van der Waals surface area (Å²) in [6, 6.07) is 0. The van der Waals surface area contributed by atoms with E-state index >= 15 is 0 Å². The lowest BCUT2D eigenvalue weighted by Gasteiger charge is -2.38. The molecular formula is C18H32BrNO2S. The molecule has 5 heteroatoms. The van der Waals surface area contributed by atoms with Crippen LogP contribution in [0.5, 0.6) is 0 Å². The monoisotopic (exact) mass is 405 g/mol. The van der Waals surface area contributed by atoms with Crippen molar-refractivity contribution in [2.75, 3.05) is 32.2 Å². The summed E-state index contributed by atoms with van der Waals surface area (Å²) >= 11 is 0. The summed E-state index contributed by atoms with van der Waals surface area (Å²) in [7, 11) is 1.98. The minimum absolute atomic E-state index is 0. The van der Waals surface area contributed by atoms with Crippen LogP contribution in [-0.4, -0.2) is 54.4 Å². The van der Waals surface area contributed by atoms with Crippen LogP contribution >= 0.6 is 0 Å². The molecule has 3 fully saturated rings. The van der Waals surface area contributed by atoms with Gasteiger partial charge in [-0.1, -0.05) is 20.8 Å². The molecule has 1 saturated heterocycles. The minimum atomic E-state index is 0. The summed E-state index contributed by atoms with van der Waals surface area (Å²) in [6.45, 7) is 9.22. The Morgan fingerprint density at radius 2 is 1.87 bits per heavy atom. The topological polar surface area (TPSA) is 29.5 Å². The van der Waals surface area contributed by atoms with Crippen LogP contribution in [-0.2, 0) is 20.4 Å². The van der Waals surface area contributed by atoms with Gasteiger partial charge in [0.2, 0.25) is 0 Å². The third-order valence-electron chi connectivity index (χ3n) is 7.23. The minimum Gasteiger partial charge on any atom is -1.00 e.